The Morgan fingerprint density at radius 1 is 0.781 bits per heavy atom. The predicted molar refractivity (Wildman–Crippen MR) is 114 cm³/mol. The van der Waals surface area contributed by atoms with Crippen LogP contribution >= 0.6 is 0 Å². The fourth-order valence-electron chi connectivity index (χ4n) is 3.85. The lowest BCUT2D eigenvalue weighted by Crippen LogP contribution is -2.21. The summed E-state index contributed by atoms with van der Waals surface area (Å²) in [4.78, 5) is 46.3. The standard InChI is InChI=1S/C24H24N2O6/c1-14(32-18-8-4-16(5-9-18)20-13-22(28)26-24(20)30)10-11-31-17-6-2-15(3-7-17)19-12-21(27)25-23(19)29/h2-9,14,19-20H,10-13H2,1H3,(H,25,27,29)(H,26,28,30)/t14-,19+,20-/m1/s1. The minimum absolute atomic E-state index is 0.0929. The van der Waals surface area contributed by atoms with Crippen molar-refractivity contribution < 1.29 is 28.7 Å². The van der Waals surface area contributed by atoms with E-state index in [1.54, 1.807) is 48.5 Å². The Kier molecular flexibility index (Phi) is 6.20. The summed E-state index contributed by atoms with van der Waals surface area (Å²) >= 11 is 0. The number of ether oxygens (including phenoxy) is 2. The largest absolute Gasteiger partial charge is 0.493 e. The van der Waals surface area contributed by atoms with Crippen LogP contribution in [0.3, 0.4) is 0 Å². The average molecular weight is 436 g/mol. The number of hydrogen-bond donors (Lipinski definition) is 2. The highest BCUT2D eigenvalue weighted by atomic mass is 16.5. The van der Waals surface area contributed by atoms with Crippen molar-refractivity contribution in [3.63, 3.8) is 0 Å². The van der Waals surface area contributed by atoms with Crippen LogP contribution in [0, 0.1) is 0 Å². The summed E-state index contributed by atoms with van der Waals surface area (Å²) in [5.41, 5.74) is 1.58. The van der Waals surface area contributed by atoms with Crippen molar-refractivity contribution in [2.75, 3.05) is 6.61 Å². The van der Waals surface area contributed by atoms with E-state index in [0.29, 0.717) is 24.5 Å². The quantitative estimate of drug-likeness (QED) is 0.614. The molecule has 0 aliphatic carbocycles. The first-order valence-corrected chi connectivity index (χ1v) is 10.6. The van der Waals surface area contributed by atoms with Crippen molar-refractivity contribution in [1.82, 2.24) is 10.6 Å². The Morgan fingerprint density at radius 2 is 1.25 bits per heavy atom. The molecule has 2 aliphatic rings. The molecule has 8 nitrogen and oxygen atoms in total. The van der Waals surface area contributed by atoms with E-state index < -0.39 is 11.8 Å². The van der Waals surface area contributed by atoms with Crippen LogP contribution in [-0.2, 0) is 19.2 Å². The smallest absolute Gasteiger partial charge is 0.234 e. The second-order valence-corrected chi connectivity index (χ2v) is 8.04. The second-order valence-electron chi connectivity index (χ2n) is 8.04. The van der Waals surface area contributed by atoms with E-state index in [2.05, 4.69) is 10.6 Å². The summed E-state index contributed by atoms with van der Waals surface area (Å²) in [6.45, 7) is 2.39. The molecule has 2 aromatic carbocycles. The predicted octanol–water partition coefficient (Wildman–Crippen LogP) is 2.18. The van der Waals surface area contributed by atoms with Gasteiger partial charge in [0.15, 0.2) is 0 Å². The van der Waals surface area contributed by atoms with Gasteiger partial charge in [0.05, 0.1) is 24.5 Å². The van der Waals surface area contributed by atoms with Crippen LogP contribution in [-0.4, -0.2) is 36.3 Å². The van der Waals surface area contributed by atoms with Gasteiger partial charge in [-0.15, -0.1) is 0 Å². The number of nitrogens with one attached hydrogen (secondary N) is 2. The molecule has 0 unspecified atom stereocenters. The van der Waals surface area contributed by atoms with E-state index in [1.165, 1.54) is 0 Å². The van der Waals surface area contributed by atoms with Crippen LogP contribution in [0.15, 0.2) is 48.5 Å². The van der Waals surface area contributed by atoms with Crippen LogP contribution in [0.25, 0.3) is 0 Å². The van der Waals surface area contributed by atoms with Gasteiger partial charge >= 0.3 is 0 Å². The number of carbonyl (C=O) groups is 4. The van der Waals surface area contributed by atoms with E-state index >= 15 is 0 Å². The molecule has 2 N–H and O–H groups in total. The first-order chi connectivity index (χ1) is 15.4. The number of amides is 4. The highest BCUT2D eigenvalue weighted by Gasteiger charge is 2.32. The minimum Gasteiger partial charge on any atom is -0.493 e. The van der Waals surface area contributed by atoms with Gasteiger partial charge in [-0.25, -0.2) is 0 Å². The van der Waals surface area contributed by atoms with Gasteiger partial charge in [-0.3, -0.25) is 29.8 Å². The van der Waals surface area contributed by atoms with Gasteiger partial charge in [-0.1, -0.05) is 24.3 Å². The number of hydrogen-bond acceptors (Lipinski definition) is 6. The van der Waals surface area contributed by atoms with Crippen molar-refractivity contribution in [1.29, 1.82) is 0 Å². The van der Waals surface area contributed by atoms with Crippen LogP contribution in [0.5, 0.6) is 11.5 Å². The van der Waals surface area contributed by atoms with Gasteiger partial charge in [-0.2, -0.15) is 0 Å². The fraction of sp³-hybridized carbons (Fsp3) is 0.333. The molecular weight excluding hydrogens is 412 g/mol. The molecule has 0 aromatic heterocycles. The Morgan fingerprint density at radius 3 is 1.69 bits per heavy atom. The number of imide groups is 2. The molecule has 166 valence electrons. The van der Waals surface area contributed by atoms with Crippen LogP contribution in [0.1, 0.15) is 49.1 Å². The molecule has 4 rings (SSSR count). The zero-order valence-electron chi connectivity index (χ0n) is 17.6. The van der Waals surface area contributed by atoms with E-state index in [4.69, 9.17) is 9.47 Å². The Balaban J connectivity index is 1.22. The summed E-state index contributed by atoms with van der Waals surface area (Å²) in [6.07, 6.45) is 0.924. The highest BCUT2D eigenvalue weighted by Crippen LogP contribution is 2.27. The number of carbonyl (C=O) groups excluding carboxylic acids is 4. The van der Waals surface area contributed by atoms with Gasteiger partial charge in [-0.05, 0) is 42.3 Å². The lowest BCUT2D eigenvalue weighted by Gasteiger charge is -2.16. The fourth-order valence-corrected chi connectivity index (χ4v) is 3.85. The molecule has 2 saturated heterocycles. The molecule has 0 bridgehead atoms. The molecule has 2 heterocycles. The van der Waals surface area contributed by atoms with Crippen LogP contribution in [0.4, 0.5) is 0 Å². The topological polar surface area (TPSA) is 111 Å². The molecule has 0 saturated carbocycles. The SMILES string of the molecule is C[C@H](CCOc1ccc([C@@H]2CC(=O)NC2=O)cc1)Oc1ccc([C@H]2CC(=O)NC2=O)cc1. The Hall–Kier alpha value is -3.68. The third-order valence-corrected chi connectivity index (χ3v) is 5.63. The molecule has 3 atom stereocenters. The van der Waals surface area contributed by atoms with Crippen molar-refractivity contribution in [3.8, 4) is 11.5 Å². The van der Waals surface area contributed by atoms with Crippen LogP contribution < -0.4 is 20.1 Å². The van der Waals surface area contributed by atoms with Gasteiger partial charge in [0.1, 0.15) is 11.5 Å². The molecule has 32 heavy (non-hydrogen) atoms. The summed E-state index contributed by atoms with van der Waals surface area (Å²) in [5, 5.41) is 4.63. The van der Waals surface area contributed by atoms with Gasteiger partial charge in [0, 0.05) is 19.3 Å². The monoisotopic (exact) mass is 436 g/mol. The lowest BCUT2D eigenvalue weighted by molar-refractivity contribution is -0.126. The maximum Gasteiger partial charge on any atom is 0.234 e. The summed E-state index contributed by atoms with van der Waals surface area (Å²) in [5.74, 6) is -0.521. The summed E-state index contributed by atoms with van der Waals surface area (Å²) in [7, 11) is 0. The first-order valence-electron chi connectivity index (χ1n) is 10.6. The van der Waals surface area contributed by atoms with Gasteiger partial charge in [0.25, 0.3) is 0 Å². The van der Waals surface area contributed by atoms with E-state index in [1.807, 2.05) is 6.92 Å². The highest BCUT2D eigenvalue weighted by molar-refractivity contribution is 6.06. The third-order valence-electron chi connectivity index (χ3n) is 5.63. The molecule has 0 spiro atoms. The maximum absolute atomic E-state index is 11.8. The van der Waals surface area contributed by atoms with E-state index in [9.17, 15) is 19.2 Å². The molecular formula is C24H24N2O6. The maximum atomic E-state index is 11.8. The van der Waals surface area contributed by atoms with Gasteiger partial charge in [0.2, 0.25) is 23.6 Å². The Labute approximate surface area is 185 Å². The molecule has 2 aromatic rings. The van der Waals surface area contributed by atoms with Gasteiger partial charge < -0.3 is 9.47 Å². The normalized spacial score (nSPS) is 21.3. The third kappa shape index (κ3) is 4.96. The first kappa shape index (κ1) is 21.5. The zero-order valence-corrected chi connectivity index (χ0v) is 17.6. The van der Waals surface area contributed by atoms with Crippen molar-refractivity contribution in [3.05, 3.63) is 59.7 Å². The van der Waals surface area contributed by atoms with Crippen molar-refractivity contribution in [2.45, 2.75) is 44.1 Å². The van der Waals surface area contributed by atoms with Crippen molar-refractivity contribution >= 4 is 23.6 Å². The van der Waals surface area contributed by atoms with Crippen LogP contribution in [0.2, 0.25) is 0 Å². The molecule has 2 aliphatic heterocycles. The van der Waals surface area contributed by atoms with E-state index in [0.717, 1.165) is 11.1 Å². The zero-order chi connectivity index (χ0) is 22.7. The molecule has 4 amide bonds. The lowest BCUT2D eigenvalue weighted by atomic mass is 9.97. The molecule has 2 fully saturated rings. The molecule has 8 heteroatoms. The second kappa shape index (κ2) is 9.21. The summed E-state index contributed by atoms with van der Waals surface area (Å²) in [6, 6.07) is 14.4. The molecule has 0 radical (unpaired) electrons. The van der Waals surface area contributed by atoms with Crippen molar-refractivity contribution in [2.24, 2.45) is 0 Å². The Bertz CT molecular complexity index is 1030. The van der Waals surface area contributed by atoms with E-state index in [-0.39, 0.29) is 42.6 Å². The number of rotatable bonds is 8. The average Bonchev–Trinajstić information content (AvgIpc) is 3.28. The number of benzene rings is 2. The summed E-state index contributed by atoms with van der Waals surface area (Å²) < 4.78 is 11.7. The minimum atomic E-state index is -0.433.